The van der Waals surface area contributed by atoms with Gasteiger partial charge < -0.3 is 16.2 Å². The fourth-order valence-electron chi connectivity index (χ4n) is 2.28. The molecule has 1 saturated carbocycles. The first-order valence-electron chi connectivity index (χ1n) is 5.99. The molecule has 1 aliphatic carbocycles. The molecular formula is C12H18ClN3O. The number of hydrogen-bond acceptors (Lipinski definition) is 4. The van der Waals surface area contributed by atoms with Gasteiger partial charge in [0.2, 0.25) is 0 Å². The minimum absolute atomic E-state index is 0.153. The molecule has 4 N–H and O–H groups in total. The number of halogens is 1. The molecule has 2 rings (SSSR count). The second-order valence-corrected chi connectivity index (χ2v) is 5.03. The van der Waals surface area contributed by atoms with Gasteiger partial charge in [-0.1, -0.05) is 18.0 Å². The lowest BCUT2D eigenvalue weighted by Crippen LogP contribution is -2.25. The van der Waals surface area contributed by atoms with Gasteiger partial charge in [-0.3, -0.25) is 0 Å². The van der Waals surface area contributed by atoms with Crippen molar-refractivity contribution in [2.24, 2.45) is 5.92 Å². The Morgan fingerprint density at radius 1 is 1.47 bits per heavy atom. The summed E-state index contributed by atoms with van der Waals surface area (Å²) >= 11 is 5.81. The molecule has 1 aromatic heterocycles. The number of anilines is 2. The largest absolute Gasteiger partial charge is 0.396 e. The van der Waals surface area contributed by atoms with Gasteiger partial charge in [0, 0.05) is 6.54 Å². The molecule has 0 saturated heterocycles. The topological polar surface area (TPSA) is 71.2 Å². The van der Waals surface area contributed by atoms with Crippen LogP contribution in [0.1, 0.15) is 25.7 Å². The molecule has 2 atom stereocenters. The molecule has 0 amide bonds. The molecule has 0 bridgehead atoms. The van der Waals surface area contributed by atoms with Crippen LogP contribution < -0.4 is 11.1 Å². The van der Waals surface area contributed by atoms with Crippen molar-refractivity contribution in [2.45, 2.75) is 31.8 Å². The SMILES string of the molecule is Nc1ccc(Cl)nc1NCC1CCCC(O)C1. The van der Waals surface area contributed by atoms with E-state index in [1.807, 2.05) is 0 Å². The lowest BCUT2D eigenvalue weighted by Gasteiger charge is -2.26. The number of aliphatic hydroxyl groups is 1. The summed E-state index contributed by atoms with van der Waals surface area (Å²) in [6, 6.07) is 3.42. The minimum atomic E-state index is -0.153. The highest BCUT2D eigenvalue weighted by molar-refractivity contribution is 6.29. The highest BCUT2D eigenvalue weighted by Gasteiger charge is 2.20. The summed E-state index contributed by atoms with van der Waals surface area (Å²) in [6.07, 6.45) is 3.86. The van der Waals surface area contributed by atoms with Crippen LogP contribution in [0.3, 0.4) is 0 Å². The van der Waals surface area contributed by atoms with E-state index in [9.17, 15) is 5.11 Å². The summed E-state index contributed by atoms with van der Waals surface area (Å²) in [5.41, 5.74) is 6.40. The Kier molecular flexibility index (Phi) is 4.07. The quantitative estimate of drug-likeness (QED) is 0.725. The molecule has 0 spiro atoms. The van der Waals surface area contributed by atoms with Gasteiger partial charge in [0.1, 0.15) is 5.15 Å². The van der Waals surface area contributed by atoms with Crippen LogP contribution in [0.25, 0.3) is 0 Å². The average Bonchev–Trinajstić information content (AvgIpc) is 2.30. The number of nitrogens with zero attached hydrogens (tertiary/aromatic N) is 1. The molecule has 0 aliphatic heterocycles. The lowest BCUT2D eigenvalue weighted by atomic mass is 9.87. The Bertz CT molecular complexity index is 386. The van der Waals surface area contributed by atoms with Crippen LogP contribution in [0.15, 0.2) is 12.1 Å². The number of pyridine rings is 1. The van der Waals surface area contributed by atoms with Crippen LogP contribution in [0.2, 0.25) is 5.15 Å². The van der Waals surface area contributed by atoms with Gasteiger partial charge in [-0.05, 0) is 37.3 Å². The van der Waals surface area contributed by atoms with Crippen molar-refractivity contribution in [1.29, 1.82) is 0 Å². The van der Waals surface area contributed by atoms with E-state index in [1.165, 1.54) is 0 Å². The van der Waals surface area contributed by atoms with Crippen molar-refractivity contribution in [2.75, 3.05) is 17.6 Å². The molecule has 5 heteroatoms. The number of hydrogen-bond donors (Lipinski definition) is 3. The van der Waals surface area contributed by atoms with Gasteiger partial charge in [-0.15, -0.1) is 0 Å². The number of nitrogens with one attached hydrogen (secondary N) is 1. The average molecular weight is 256 g/mol. The van der Waals surface area contributed by atoms with Crippen molar-refractivity contribution in [3.63, 3.8) is 0 Å². The van der Waals surface area contributed by atoms with Crippen molar-refractivity contribution < 1.29 is 5.11 Å². The van der Waals surface area contributed by atoms with Crippen LogP contribution in [-0.2, 0) is 0 Å². The molecule has 1 fully saturated rings. The fourth-order valence-corrected chi connectivity index (χ4v) is 2.42. The Labute approximate surface area is 106 Å². The molecule has 94 valence electrons. The monoisotopic (exact) mass is 255 g/mol. The van der Waals surface area contributed by atoms with Gasteiger partial charge in [-0.2, -0.15) is 0 Å². The third-order valence-electron chi connectivity index (χ3n) is 3.21. The van der Waals surface area contributed by atoms with Gasteiger partial charge >= 0.3 is 0 Å². The van der Waals surface area contributed by atoms with Gasteiger partial charge in [0.25, 0.3) is 0 Å². The van der Waals surface area contributed by atoms with E-state index in [-0.39, 0.29) is 6.10 Å². The number of rotatable bonds is 3. The van der Waals surface area contributed by atoms with Crippen molar-refractivity contribution in [1.82, 2.24) is 4.98 Å². The summed E-state index contributed by atoms with van der Waals surface area (Å²) in [4.78, 5) is 4.14. The maximum atomic E-state index is 9.59. The molecule has 2 unspecified atom stereocenters. The van der Waals surface area contributed by atoms with Crippen LogP contribution in [-0.4, -0.2) is 22.7 Å². The predicted molar refractivity (Wildman–Crippen MR) is 70.1 cm³/mol. The first-order valence-corrected chi connectivity index (χ1v) is 6.37. The zero-order valence-corrected chi connectivity index (χ0v) is 10.5. The van der Waals surface area contributed by atoms with Crippen LogP contribution in [0.4, 0.5) is 11.5 Å². The van der Waals surface area contributed by atoms with Crippen LogP contribution in [0.5, 0.6) is 0 Å². The maximum Gasteiger partial charge on any atom is 0.150 e. The molecule has 1 aromatic rings. The van der Waals surface area contributed by atoms with E-state index in [1.54, 1.807) is 12.1 Å². The summed E-state index contributed by atoms with van der Waals surface area (Å²) in [7, 11) is 0. The Morgan fingerprint density at radius 2 is 2.29 bits per heavy atom. The van der Waals surface area contributed by atoms with E-state index < -0.39 is 0 Å². The maximum absolute atomic E-state index is 9.59. The lowest BCUT2D eigenvalue weighted by molar-refractivity contribution is 0.104. The highest BCUT2D eigenvalue weighted by Crippen LogP contribution is 2.25. The zero-order valence-electron chi connectivity index (χ0n) is 9.69. The third kappa shape index (κ3) is 3.48. The van der Waals surface area contributed by atoms with Crippen LogP contribution >= 0.6 is 11.6 Å². The predicted octanol–water partition coefficient (Wildman–Crippen LogP) is 2.28. The normalized spacial score (nSPS) is 24.6. The van der Waals surface area contributed by atoms with E-state index in [0.717, 1.165) is 32.2 Å². The number of aliphatic hydroxyl groups excluding tert-OH is 1. The van der Waals surface area contributed by atoms with Gasteiger partial charge in [0.05, 0.1) is 11.8 Å². The Morgan fingerprint density at radius 3 is 3.06 bits per heavy atom. The zero-order chi connectivity index (χ0) is 12.3. The molecule has 1 heterocycles. The van der Waals surface area contributed by atoms with E-state index in [4.69, 9.17) is 17.3 Å². The summed E-state index contributed by atoms with van der Waals surface area (Å²) in [5.74, 6) is 1.12. The smallest absolute Gasteiger partial charge is 0.150 e. The third-order valence-corrected chi connectivity index (χ3v) is 3.42. The number of nitrogens with two attached hydrogens (primary N) is 1. The second kappa shape index (κ2) is 5.56. The molecule has 4 nitrogen and oxygen atoms in total. The summed E-state index contributed by atoms with van der Waals surface area (Å²) in [6.45, 7) is 0.786. The molecule has 0 radical (unpaired) electrons. The Balaban J connectivity index is 1.90. The second-order valence-electron chi connectivity index (χ2n) is 4.64. The first-order chi connectivity index (χ1) is 8.15. The van der Waals surface area contributed by atoms with Gasteiger partial charge in [0.15, 0.2) is 5.82 Å². The Hall–Kier alpha value is -1.00. The van der Waals surface area contributed by atoms with Crippen molar-refractivity contribution in [3.05, 3.63) is 17.3 Å². The number of nitrogen functional groups attached to an aromatic ring is 1. The highest BCUT2D eigenvalue weighted by atomic mass is 35.5. The molecular weight excluding hydrogens is 238 g/mol. The van der Waals surface area contributed by atoms with Gasteiger partial charge in [-0.25, -0.2) is 4.98 Å². The fraction of sp³-hybridized carbons (Fsp3) is 0.583. The molecule has 0 aromatic carbocycles. The van der Waals surface area contributed by atoms with E-state index in [2.05, 4.69) is 10.3 Å². The van der Waals surface area contributed by atoms with E-state index >= 15 is 0 Å². The minimum Gasteiger partial charge on any atom is -0.396 e. The summed E-state index contributed by atoms with van der Waals surface area (Å²) < 4.78 is 0. The summed E-state index contributed by atoms with van der Waals surface area (Å²) in [5, 5.41) is 13.2. The van der Waals surface area contributed by atoms with Crippen LogP contribution in [0, 0.1) is 5.92 Å². The van der Waals surface area contributed by atoms with Crippen molar-refractivity contribution >= 4 is 23.1 Å². The van der Waals surface area contributed by atoms with E-state index in [0.29, 0.717) is 22.6 Å². The molecule has 1 aliphatic rings. The first kappa shape index (κ1) is 12.5. The van der Waals surface area contributed by atoms with Crippen molar-refractivity contribution in [3.8, 4) is 0 Å². The number of aromatic nitrogens is 1. The molecule has 17 heavy (non-hydrogen) atoms. The standard InChI is InChI=1S/C12H18ClN3O/c13-11-5-4-10(14)12(16-11)15-7-8-2-1-3-9(17)6-8/h4-5,8-9,17H,1-3,6-7,14H2,(H,15,16).